The largest absolute Gasteiger partial charge is 0.416 e. The molecule has 0 saturated heterocycles. The van der Waals surface area contributed by atoms with E-state index < -0.39 is 11.7 Å². The molecule has 3 rings (SSSR count). The molecule has 0 unspecified atom stereocenters. The molecule has 0 radical (unpaired) electrons. The maximum Gasteiger partial charge on any atom is 0.416 e. The molecule has 5 heteroatoms. The van der Waals surface area contributed by atoms with Gasteiger partial charge in [-0.3, -0.25) is 0 Å². The molecule has 0 spiro atoms. The molecule has 2 aromatic carbocycles. The first kappa shape index (κ1) is 22.7. The molecule has 31 heavy (non-hydrogen) atoms. The number of nitrogens with zero attached hydrogens (tertiary/aromatic N) is 2. The van der Waals surface area contributed by atoms with Gasteiger partial charge in [-0.05, 0) is 86.7 Å². The SMILES string of the molecule is CCCN1c2cc(C)c(/C=C(\C#N)c3cccc(C(F)(F)F)c3)cc2C(C)=CC1(C)C. The summed E-state index contributed by atoms with van der Waals surface area (Å²) in [6, 6.07) is 11.1. The Hall–Kier alpha value is -3.00. The van der Waals surface area contributed by atoms with Crippen LogP contribution in [0.15, 0.2) is 42.5 Å². The van der Waals surface area contributed by atoms with Crippen molar-refractivity contribution in [1.29, 1.82) is 5.26 Å². The van der Waals surface area contributed by atoms with E-state index in [2.05, 4.69) is 50.8 Å². The minimum atomic E-state index is -4.45. The molecule has 0 fully saturated rings. The highest BCUT2D eigenvalue weighted by molar-refractivity contribution is 5.92. The zero-order chi connectivity index (χ0) is 23.0. The van der Waals surface area contributed by atoms with Crippen LogP contribution >= 0.6 is 0 Å². The number of alkyl halides is 3. The summed E-state index contributed by atoms with van der Waals surface area (Å²) in [5, 5.41) is 9.68. The fraction of sp³-hybridized carbons (Fsp3) is 0.346. The number of nitriles is 1. The van der Waals surface area contributed by atoms with Crippen molar-refractivity contribution in [2.75, 3.05) is 11.4 Å². The summed E-state index contributed by atoms with van der Waals surface area (Å²) >= 11 is 0. The van der Waals surface area contributed by atoms with Gasteiger partial charge in [0, 0.05) is 17.8 Å². The number of aryl methyl sites for hydroxylation is 1. The topological polar surface area (TPSA) is 27.0 Å². The van der Waals surface area contributed by atoms with Gasteiger partial charge in [-0.15, -0.1) is 0 Å². The van der Waals surface area contributed by atoms with Gasteiger partial charge >= 0.3 is 6.18 Å². The molecular formula is C26H27F3N2. The number of hydrogen-bond acceptors (Lipinski definition) is 2. The summed E-state index contributed by atoms with van der Waals surface area (Å²) in [6.07, 6.45) is 0.495. The van der Waals surface area contributed by atoms with Crippen molar-refractivity contribution < 1.29 is 13.2 Å². The average Bonchev–Trinajstić information content (AvgIpc) is 2.69. The summed E-state index contributed by atoms with van der Waals surface area (Å²) < 4.78 is 39.3. The highest BCUT2D eigenvalue weighted by Crippen LogP contribution is 2.41. The van der Waals surface area contributed by atoms with Crippen LogP contribution in [0.3, 0.4) is 0 Å². The smallest absolute Gasteiger partial charge is 0.362 e. The lowest BCUT2D eigenvalue weighted by Gasteiger charge is -2.43. The number of allylic oxidation sites excluding steroid dienone is 2. The summed E-state index contributed by atoms with van der Waals surface area (Å²) in [5.41, 5.74) is 4.80. The Morgan fingerprint density at radius 3 is 2.48 bits per heavy atom. The zero-order valence-electron chi connectivity index (χ0n) is 18.6. The highest BCUT2D eigenvalue weighted by Gasteiger charge is 2.32. The third-order valence-electron chi connectivity index (χ3n) is 5.73. The van der Waals surface area contributed by atoms with Crippen LogP contribution in [-0.4, -0.2) is 12.1 Å². The second-order valence-corrected chi connectivity index (χ2v) is 8.61. The molecule has 0 aromatic heterocycles. The van der Waals surface area contributed by atoms with Gasteiger partial charge in [0.2, 0.25) is 0 Å². The minimum absolute atomic E-state index is 0.104. The number of hydrogen-bond donors (Lipinski definition) is 0. The van der Waals surface area contributed by atoms with Crippen molar-refractivity contribution in [2.45, 2.75) is 52.8 Å². The summed E-state index contributed by atoms with van der Waals surface area (Å²) in [5.74, 6) is 0. The molecule has 0 aliphatic carbocycles. The lowest BCUT2D eigenvalue weighted by molar-refractivity contribution is -0.137. The molecule has 0 bridgehead atoms. The number of halogens is 3. The van der Waals surface area contributed by atoms with E-state index in [0.29, 0.717) is 0 Å². The molecule has 1 aliphatic rings. The third kappa shape index (κ3) is 4.54. The standard InChI is InChI=1S/C26H27F3N2/c1-6-10-31-24-11-17(2)20(14-23(24)18(3)15-25(31,4)5)12-21(16-30)19-8-7-9-22(13-19)26(27,28)29/h7-9,11-15H,6,10H2,1-5H3/b21-12+. The molecule has 1 aliphatic heterocycles. The van der Waals surface area contributed by atoms with Gasteiger partial charge in [-0.2, -0.15) is 18.4 Å². The van der Waals surface area contributed by atoms with Crippen molar-refractivity contribution in [1.82, 2.24) is 0 Å². The van der Waals surface area contributed by atoms with Gasteiger partial charge in [0.05, 0.1) is 22.7 Å². The Morgan fingerprint density at radius 2 is 1.87 bits per heavy atom. The van der Waals surface area contributed by atoms with Gasteiger partial charge in [0.25, 0.3) is 0 Å². The van der Waals surface area contributed by atoms with E-state index in [-0.39, 0.29) is 16.7 Å². The van der Waals surface area contributed by atoms with Crippen LogP contribution in [0.2, 0.25) is 0 Å². The number of anilines is 1. The van der Waals surface area contributed by atoms with Crippen LogP contribution in [0.25, 0.3) is 17.2 Å². The first-order chi connectivity index (χ1) is 14.5. The van der Waals surface area contributed by atoms with E-state index in [1.165, 1.54) is 12.1 Å². The van der Waals surface area contributed by atoms with Crippen molar-refractivity contribution in [3.05, 3.63) is 70.3 Å². The van der Waals surface area contributed by atoms with Crippen molar-refractivity contribution in [3.63, 3.8) is 0 Å². The maximum atomic E-state index is 13.1. The van der Waals surface area contributed by atoms with Gasteiger partial charge in [-0.1, -0.05) is 25.1 Å². The zero-order valence-corrected chi connectivity index (χ0v) is 18.6. The van der Waals surface area contributed by atoms with Crippen LogP contribution in [0.5, 0.6) is 0 Å². The maximum absolute atomic E-state index is 13.1. The molecule has 162 valence electrons. The minimum Gasteiger partial charge on any atom is -0.362 e. The number of fused-ring (bicyclic) bond motifs is 1. The molecule has 2 aromatic rings. The van der Waals surface area contributed by atoms with Crippen LogP contribution < -0.4 is 4.90 Å². The first-order valence-corrected chi connectivity index (χ1v) is 10.4. The monoisotopic (exact) mass is 424 g/mol. The predicted octanol–water partition coefficient (Wildman–Crippen LogP) is 7.49. The lowest BCUT2D eigenvalue weighted by Crippen LogP contribution is -2.45. The van der Waals surface area contributed by atoms with Crippen molar-refractivity contribution in [3.8, 4) is 6.07 Å². The van der Waals surface area contributed by atoms with E-state index in [9.17, 15) is 18.4 Å². The van der Waals surface area contributed by atoms with Crippen molar-refractivity contribution >= 4 is 22.9 Å². The van der Waals surface area contributed by atoms with Gasteiger partial charge in [0.1, 0.15) is 0 Å². The molecule has 1 heterocycles. The highest BCUT2D eigenvalue weighted by atomic mass is 19.4. The van der Waals surface area contributed by atoms with Crippen molar-refractivity contribution in [2.24, 2.45) is 0 Å². The third-order valence-corrected chi connectivity index (χ3v) is 5.73. The average molecular weight is 425 g/mol. The molecule has 0 N–H and O–H groups in total. The molecule has 0 amide bonds. The summed E-state index contributed by atoms with van der Waals surface area (Å²) in [4.78, 5) is 2.38. The molecule has 0 saturated carbocycles. The predicted molar refractivity (Wildman–Crippen MR) is 121 cm³/mol. The number of benzene rings is 2. The first-order valence-electron chi connectivity index (χ1n) is 10.4. The molecule has 0 atom stereocenters. The summed E-state index contributed by atoms with van der Waals surface area (Å²) in [7, 11) is 0. The van der Waals surface area contributed by atoms with Gasteiger partial charge in [-0.25, -0.2) is 0 Å². The molecular weight excluding hydrogens is 397 g/mol. The van der Waals surface area contributed by atoms with Gasteiger partial charge < -0.3 is 4.90 Å². The van der Waals surface area contributed by atoms with E-state index >= 15 is 0 Å². The Morgan fingerprint density at radius 1 is 1.16 bits per heavy atom. The fourth-order valence-corrected chi connectivity index (χ4v) is 4.23. The second-order valence-electron chi connectivity index (χ2n) is 8.61. The van der Waals surface area contributed by atoms with Crippen LogP contribution in [0.1, 0.15) is 61.9 Å². The Labute approximate surface area is 182 Å². The van der Waals surface area contributed by atoms with Crippen LogP contribution in [0, 0.1) is 18.3 Å². The second kappa shape index (κ2) is 8.26. The quantitative estimate of drug-likeness (QED) is 0.375. The van der Waals surface area contributed by atoms with Crippen LogP contribution in [0.4, 0.5) is 18.9 Å². The normalized spacial score (nSPS) is 15.9. The van der Waals surface area contributed by atoms with E-state index in [1.54, 1.807) is 6.08 Å². The van der Waals surface area contributed by atoms with E-state index in [4.69, 9.17) is 0 Å². The van der Waals surface area contributed by atoms with Crippen LogP contribution in [-0.2, 0) is 6.18 Å². The van der Waals surface area contributed by atoms with E-state index in [1.807, 2.05) is 13.0 Å². The summed E-state index contributed by atoms with van der Waals surface area (Å²) in [6.45, 7) is 11.5. The number of rotatable bonds is 4. The Balaban J connectivity index is 2.12. The molecule has 2 nitrogen and oxygen atoms in total. The Bertz CT molecular complexity index is 1100. The van der Waals surface area contributed by atoms with Gasteiger partial charge in [0.15, 0.2) is 0 Å². The Kier molecular flexibility index (Phi) is 6.04. The fourth-order valence-electron chi connectivity index (χ4n) is 4.23. The van der Waals surface area contributed by atoms with E-state index in [0.717, 1.165) is 53.0 Å². The lowest BCUT2D eigenvalue weighted by atomic mass is 9.86.